The molecule has 3 aromatic carbocycles. The van der Waals surface area contributed by atoms with Gasteiger partial charge < -0.3 is 5.32 Å². The number of amides is 2. The molecule has 0 aromatic heterocycles. The van der Waals surface area contributed by atoms with E-state index in [4.69, 9.17) is 0 Å². The SMILES string of the molecule is C/C(CC(=O)Nc1cccc(C(F)(F)F)c1)=N\NC(=O)C(c1ccccc1)c1ccccc1. The predicted octanol–water partition coefficient (Wildman–Crippen LogP) is 5.36. The number of halogens is 3. The number of alkyl halides is 3. The van der Waals surface area contributed by atoms with E-state index in [0.717, 1.165) is 23.3 Å². The molecule has 3 rings (SSSR count). The second-order valence-corrected chi connectivity index (χ2v) is 7.38. The summed E-state index contributed by atoms with van der Waals surface area (Å²) >= 11 is 0. The molecular weight excluding hydrogens is 431 g/mol. The topological polar surface area (TPSA) is 70.6 Å². The highest BCUT2D eigenvalue weighted by molar-refractivity contribution is 6.05. The summed E-state index contributed by atoms with van der Waals surface area (Å²) in [6.45, 7) is 1.55. The lowest BCUT2D eigenvalue weighted by Crippen LogP contribution is -2.27. The Morgan fingerprint density at radius 3 is 2.00 bits per heavy atom. The van der Waals surface area contributed by atoms with E-state index in [0.29, 0.717) is 5.71 Å². The Morgan fingerprint density at radius 2 is 1.45 bits per heavy atom. The van der Waals surface area contributed by atoms with Gasteiger partial charge in [-0.05, 0) is 36.2 Å². The van der Waals surface area contributed by atoms with Gasteiger partial charge >= 0.3 is 6.18 Å². The second-order valence-electron chi connectivity index (χ2n) is 7.38. The van der Waals surface area contributed by atoms with Crippen LogP contribution >= 0.6 is 0 Å². The van der Waals surface area contributed by atoms with Crippen molar-refractivity contribution in [1.82, 2.24) is 5.43 Å². The van der Waals surface area contributed by atoms with Crippen LogP contribution in [0.25, 0.3) is 0 Å². The van der Waals surface area contributed by atoms with E-state index in [1.165, 1.54) is 12.1 Å². The minimum absolute atomic E-state index is 0.0277. The van der Waals surface area contributed by atoms with Gasteiger partial charge in [0.25, 0.3) is 5.91 Å². The van der Waals surface area contributed by atoms with Gasteiger partial charge in [-0.1, -0.05) is 66.7 Å². The normalized spacial score (nSPS) is 11.8. The Morgan fingerprint density at radius 1 is 0.879 bits per heavy atom. The molecule has 5 nitrogen and oxygen atoms in total. The summed E-state index contributed by atoms with van der Waals surface area (Å²) in [6, 6.07) is 22.8. The smallest absolute Gasteiger partial charge is 0.326 e. The fourth-order valence-electron chi connectivity index (χ4n) is 3.25. The summed E-state index contributed by atoms with van der Waals surface area (Å²) in [5.41, 5.74) is 3.55. The lowest BCUT2D eigenvalue weighted by Gasteiger charge is -2.16. The van der Waals surface area contributed by atoms with Gasteiger partial charge in [0.2, 0.25) is 5.91 Å². The van der Waals surface area contributed by atoms with E-state index in [1.54, 1.807) is 6.92 Å². The molecule has 0 radical (unpaired) electrons. The minimum Gasteiger partial charge on any atom is -0.326 e. The van der Waals surface area contributed by atoms with Gasteiger partial charge in [-0.3, -0.25) is 9.59 Å². The van der Waals surface area contributed by atoms with Crippen LogP contribution in [-0.4, -0.2) is 17.5 Å². The van der Waals surface area contributed by atoms with Crippen molar-refractivity contribution in [3.05, 3.63) is 102 Å². The zero-order valence-electron chi connectivity index (χ0n) is 17.8. The molecule has 0 aliphatic rings. The van der Waals surface area contributed by atoms with Crippen molar-refractivity contribution in [1.29, 1.82) is 0 Å². The third-order valence-corrected chi connectivity index (χ3v) is 4.78. The first-order valence-electron chi connectivity index (χ1n) is 10.1. The number of carbonyl (C=O) groups excluding carboxylic acids is 2. The molecular formula is C25H22F3N3O2. The van der Waals surface area contributed by atoms with Gasteiger partial charge in [-0.25, -0.2) is 5.43 Å². The highest BCUT2D eigenvalue weighted by atomic mass is 19.4. The van der Waals surface area contributed by atoms with E-state index in [1.807, 2.05) is 60.7 Å². The number of hydrogen-bond acceptors (Lipinski definition) is 3. The molecule has 2 N–H and O–H groups in total. The van der Waals surface area contributed by atoms with Gasteiger partial charge in [0.15, 0.2) is 0 Å². The molecule has 3 aromatic rings. The lowest BCUT2D eigenvalue weighted by molar-refractivity contribution is -0.137. The number of rotatable bonds is 7. The number of benzene rings is 3. The van der Waals surface area contributed by atoms with Crippen LogP contribution < -0.4 is 10.7 Å². The summed E-state index contributed by atoms with van der Waals surface area (Å²) in [5.74, 6) is -1.51. The second kappa shape index (κ2) is 10.6. The number of hydrogen-bond donors (Lipinski definition) is 2. The maximum atomic E-state index is 12.9. The van der Waals surface area contributed by atoms with E-state index in [2.05, 4.69) is 15.8 Å². The van der Waals surface area contributed by atoms with E-state index in [-0.39, 0.29) is 18.0 Å². The molecule has 0 atom stereocenters. The van der Waals surface area contributed by atoms with Gasteiger partial charge in [0.05, 0.1) is 17.9 Å². The molecule has 8 heteroatoms. The maximum Gasteiger partial charge on any atom is 0.416 e. The zero-order chi connectivity index (χ0) is 23.8. The third-order valence-electron chi connectivity index (χ3n) is 4.78. The summed E-state index contributed by atoms with van der Waals surface area (Å²) in [6.07, 6.45) is -4.70. The Labute approximate surface area is 189 Å². The molecule has 170 valence electrons. The molecule has 33 heavy (non-hydrogen) atoms. The number of carbonyl (C=O) groups is 2. The highest BCUT2D eigenvalue weighted by Crippen LogP contribution is 2.30. The molecule has 0 saturated heterocycles. The molecule has 0 saturated carbocycles. The third kappa shape index (κ3) is 6.77. The number of nitrogens with zero attached hydrogens (tertiary/aromatic N) is 1. The van der Waals surface area contributed by atoms with Crippen LogP contribution in [0, 0.1) is 0 Å². The first kappa shape index (κ1) is 23.7. The van der Waals surface area contributed by atoms with Gasteiger partial charge in [0, 0.05) is 11.4 Å². The molecule has 0 unspecified atom stereocenters. The summed E-state index contributed by atoms with van der Waals surface area (Å²) in [4.78, 5) is 25.2. The number of hydrazone groups is 1. The maximum absolute atomic E-state index is 12.9. The monoisotopic (exact) mass is 453 g/mol. The molecule has 0 spiro atoms. The highest BCUT2D eigenvalue weighted by Gasteiger charge is 2.30. The largest absolute Gasteiger partial charge is 0.416 e. The fraction of sp³-hybridized carbons (Fsp3) is 0.160. The van der Waals surface area contributed by atoms with E-state index in [9.17, 15) is 22.8 Å². The average molecular weight is 453 g/mol. The molecule has 0 fully saturated rings. The summed E-state index contributed by atoms with van der Waals surface area (Å²) < 4.78 is 38.5. The Kier molecular flexibility index (Phi) is 7.61. The van der Waals surface area contributed by atoms with Crippen molar-refractivity contribution in [3.8, 4) is 0 Å². The van der Waals surface area contributed by atoms with Crippen LogP contribution in [-0.2, 0) is 15.8 Å². The van der Waals surface area contributed by atoms with Crippen LogP contribution in [0.5, 0.6) is 0 Å². The van der Waals surface area contributed by atoms with Crippen LogP contribution in [0.4, 0.5) is 18.9 Å². The van der Waals surface area contributed by atoms with Crippen LogP contribution in [0.3, 0.4) is 0 Å². The van der Waals surface area contributed by atoms with E-state index < -0.39 is 23.6 Å². The minimum atomic E-state index is -4.50. The van der Waals surface area contributed by atoms with Crippen molar-refractivity contribution in [2.45, 2.75) is 25.4 Å². The molecule has 0 aliphatic carbocycles. The Balaban J connectivity index is 1.66. The van der Waals surface area contributed by atoms with Crippen molar-refractivity contribution in [2.75, 3.05) is 5.32 Å². The van der Waals surface area contributed by atoms with Crippen molar-refractivity contribution < 1.29 is 22.8 Å². The number of anilines is 1. The van der Waals surface area contributed by atoms with Gasteiger partial charge in [-0.2, -0.15) is 18.3 Å². The first-order valence-corrected chi connectivity index (χ1v) is 10.1. The Hall–Kier alpha value is -3.94. The number of nitrogens with one attached hydrogen (secondary N) is 2. The van der Waals surface area contributed by atoms with Crippen molar-refractivity contribution in [2.24, 2.45) is 5.10 Å². The zero-order valence-corrected chi connectivity index (χ0v) is 17.8. The summed E-state index contributed by atoms with van der Waals surface area (Å²) in [7, 11) is 0. The van der Waals surface area contributed by atoms with Crippen molar-refractivity contribution in [3.63, 3.8) is 0 Å². The van der Waals surface area contributed by atoms with Crippen LogP contribution in [0.1, 0.15) is 36.0 Å². The Bertz CT molecular complexity index is 1090. The van der Waals surface area contributed by atoms with Crippen molar-refractivity contribution >= 4 is 23.2 Å². The van der Waals surface area contributed by atoms with Crippen LogP contribution in [0.2, 0.25) is 0 Å². The summed E-state index contributed by atoms with van der Waals surface area (Å²) in [5, 5.41) is 6.43. The lowest BCUT2D eigenvalue weighted by atomic mass is 9.91. The standard InChI is InChI=1S/C25H22F3N3O2/c1-17(15-22(32)29-21-14-8-13-20(16-21)25(26,27)28)30-31-24(33)23(18-9-4-2-5-10-18)19-11-6-3-7-12-19/h2-14,16,23H,15H2,1H3,(H,29,32)(H,31,33)/b30-17+. The molecule has 2 amide bonds. The van der Waals surface area contributed by atoms with Gasteiger partial charge in [-0.15, -0.1) is 0 Å². The first-order chi connectivity index (χ1) is 15.7. The average Bonchev–Trinajstić information content (AvgIpc) is 2.79. The van der Waals surface area contributed by atoms with E-state index >= 15 is 0 Å². The van der Waals surface area contributed by atoms with Gasteiger partial charge in [0.1, 0.15) is 0 Å². The molecule has 0 bridgehead atoms. The quantitative estimate of drug-likeness (QED) is 0.374. The van der Waals surface area contributed by atoms with Crippen LogP contribution in [0.15, 0.2) is 90.0 Å². The molecule has 0 heterocycles. The predicted molar refractivity (Wildman–Crippen MR) is 121 cm³/mol. The molecule has 0 aliphatic heterocycles. The fourth-order valence-corrected chi connectivity index (χ4v) is 3.25.